The molecule has 0 unspecified atom stereocenters. The quantitative estimate of drug-likeness (QED) is 0.252. The average molecular weight is 465 g/mol. The molecule has 1 aliphatic heterocycles. The van der Waals surface area contributed by atoms with Crippen molar-refractivity contribution in [2.24, 2.45) is 0 Å². The molecule has 7 N–H and O–H groups in total. The molecular weight excluding hydrogens is 446 g/mol. The number of anilines is 2. The number of nitrogen functional groups attached to an aromatic ring is 2. The van der Waals surface area contributed by atoms with Crippen LogP contribution in [-0.4, -0.2) is 69.5 Å². The number of nitrogens with one attached hydrogen (secondary N) is 1. The zero-order valence-corrected chi connectivity index (χ0v) is 17.1. The number of carbonyl (C=O) groups excluding carboxylic acids is 1. The molecule has 3 atom stereocenters. The Kier molecular flexibility index (Phi) is 5.43. The highest BCUT2D eigenvalue weighted by Crippen LogP contribution is 2.32. The number of imidazole rings is 1. The zero-order chi connectivity index (χ0) is 23.1. The summed E-state index contributed by atoms with van der Waals surface area (Å²) in [7, 11) is -4.57. The maximum absolute atomic E-state index is 12.2. The number of fused-ring (bicyclic) bond motifs is 1. The Morgan fingerprint density at radius 1 is 1.31 bits per heavy atom. The monoisotopic (exact) mass is 465 g/mol. The van der Waals surface area contributed by atoms with Crippen molar-refractivity contribution in [2.45, 2.75) is 17.9 Å². The number of benzene rings is 1. The van der Waals surface area contributed by atoms with E-state index in [1.807, 2.05) is 0 Å². The Hall–Kier alpha value is -3.37. The Labute approximate surface area is 181 Å². The molecule has 3 aromatic rings. The van der Waals surface area contributed by atoms with Gasteiger partial charge in [-0.2, -0.15) is 8.42 Å². The number of nitrogens with zero attached hydrogens (tertiary/aromatic N) is 4. The molecule has 1 amide bonds. The summed E-state index contributed by atoms with van der Waals surface area (Å²) in [6.07, 6.45) is -0.527. The second kappa shape index (κ2) is 7.95. The van der Waals surface area contributed by atoms with Gasteiger partial charge in [0, 0.05) is 5.69 Å². The van der Waals surface area contributed by atoms with E-state index >= 15 is 0 Å². The van der Waals surface area contributed by atoms with Crippen molar-refractivity contribution in [3.05, 3.63) is 42.5 Å². The minimum Gasteiger partial charge on any atom is -0.398 e. The Morgan fingerprint density at radius 3 is 2.81 bits per heavy atom. The van der Waals surface area contributed by atoms with Gasteiger partial charge < -0.3 is 26.4 Å². The van der Waals surface area contributed by atoms with Crippen molar-refractivity contribution < 1.29 is 32.3 Å². The molecular formula is C17H19N7O7S. The van der Waals surface area contributed by atoms with Gasteiger partial charge in [0.2, 0.25) is 0 Å². The van der Waals surface area contributed by atoms with Crippen LogP contribution in [0.2, 0.25) is 0 Å². The SMILES string of the molecule is Nc1ccccc1C(=O)NS(=O)(=O)OC[C@H]1OC[C@](O)(n2cnc3c(N)ncnc32)[C@@H]1O. The van der Waals surface area contributed by atoms with Crippen molar-refractivity contribution >= 4 is 38.9 Å². The van der Waals surface area contributed by atoms with E-state index in [1.54, 1.807) is 10.8 Å². The molecule has 0 radical (unpaired) electrons. The summed E-state index contributed by atoms with van der Waals surface area (Å²) in [4.78, 5) is 24.0. The summed E-state index contributed by atoms with van der Waals surface area (Å²) in [5.41, 5.74) is 9.73. The van der Waals surface area contributed by atoms with E-state index < -0.39 is 47.4 Å². The number of amides is 1. The number of rotatable bonds is 6. The van der Waals surface area contributed by atoms with Gasteiger partial charge in [0.15, 0.2) is 17.2 Å². The fourth-order valence-electron chi connectivity index (χ4n) is 3.25. The largest absolute Gasteiger partial charge is 0.398 e. The van der Waals surface area contributed by atoms with E-state index in [2.05, 4.69) is 15.0 Å². The molecule has 0 bridgehead atoms. The van der Waals surface area contributed by atoms with E-state index in [4.69, 9.17) is 20.4 Å². The Morgan fingerprint density at radius 2 is 2.06 bits per heavy atom. The van der Waals surface area contributed by atoms with Crippen molar-refractivity contribution in [3.63, 3.8) is 0 Å². The lowest BCUT2D eigenvalue weighted by Crippen LogP contribution is -2.47. The summed E-state index contributed by atoms with van der Waals surface area (Å²) < 4.78 is 37.3. The molecule has 1 aliphatic rings. The van der Waals surface area contributed by atoms with Crippen LogP contribution < -0.4 is 16.2 Å². The fraction of sp³-hybridized carbons (Fsp3) is 0.294. The minimum atomic E-state index is -4.57. The molecule has 1 aromatic carbocycles. The van der Waals surface area contributed by atoms with Gasteiger partial charge in [-0.3, -0.25) is 13.5 Å². The third-order valence-electron chi connectivity index (χ3n) is 4.93. The maximum atomic E-state index is 12.2. The second-order valence-electron chi connectivity index (χ2n) is 6.98. The number of aliphatic hydroxyl groups excluding tert-OH is 1. The average Bonchev–Trinajstić information content (AvgIpc) is 3.30. The van der Waals surface area contributed by atoms with Crippen LogP contribution >= 0.6 is 0 Å². The lowest BCUT2D eigenvalue weighted by atomic mass is 10.1. The van der Waals surface area contributed by atoms with Gasteiger partial charge >= 0.3 is 10.3 Å². The van der Waals surface area contributed by atoms with E-state index in [0.717, 1.165) is 10.9 Å². The Bertz CT molecular complexity index is 1280. The van der Waals surface area contributed by atoms with E-state index in [-0.39, 0.29) is 28.2 Å². The van der Waals surface area contributed by atoms with Gasteiger partial charge in [0.25, 0.3) is 5.91 Å². The first-order valence-corrected chi connectivity index (χ1v) is 10.6. The molecule has 3 heterocycles. The highest BCUT2D eigenvalue weighted by molar-refractivity contribution is 7.85. The smallest absolute Gasteiger partial charge is 0.362 e. The van der Waals surface area contributed by atoms with Gasteiger partial charge in [-0.25, -0.2) is 19.7 Å². The van der Waals surface area contributed by atoms with Crippen LogP contribution in [0, 0.1) is 0 Å². The van der Waals surface area contributed by atoms with Crippen LogP contribution in [0.1, 0.15) is 10.4 Å². The van der Waals surface area contributed by atoms with Crippen molar-refractivity contribution in [1.29, 1.82) is 0 Å². The van der Waals surface area contributed by atoms with E-state index in [0.29, 0.717) is 0 Å². The predicted molar refractivity (Wildman–Crippen MR) is 109 cm³/mol. The normalized spacial score (nSPS) is 23.4. The number of para-hydroxylation sites is 1. The number of nitrogens with two attached hydrogens (primary N) is 2. The van der Waals surface area contributed by atoms with Crippen LogP contribution in [-0.2, 0) is 24.9 Å². The first kappa shape index (κ1) is 21.8. The Balaban J connectivity index is 1.45. The van der Waals surface area contributed by atoms with E-state index in [1.165, 1.54) is 24.5 Å². The zero-order valence-electron chi connectivity index (χ0n) is 16.3. The summed E-state index contributed by atoms with van der Waals surface area (Å²) in [5, 5.41) is 21.6. The first-order chi connectivity index (χ1) is 15.1. The minimum absolute atomic E-state index is 0.0561. The topological polar surface area (TPSA) is 218 Å². The molecule has 0 aliphatic carbocycles. The number of carbonyl (C=O) groups is 1. The lowest BCUT2D eigenvalue weighted by molar-refractivity contribution is -0.109. The van der Waals surface area contributed by atoms with Crippen LogP contribution in [0.5, 0.6) is 0 Å². The van der Waals surface area contributed by atoms with Crippen LogP contribution in [0.15, 0.2) is 36.9 Å². The molecule has 4 rings (SSSR count). The van der Waals surface area contributed by atoms with Crippen LogP contribution in [0.25, 0.3) is 11.2 Å². The summed E-state index contributed by atoms with van der Waals surface area (Å²) in [5.74, 6) is -0.916. The molecule has 0 saturated carbocycles. The highest BCUT2D eigenvalue weighted by atomic mass is 32.2. The summed E-state index contributed by atoms with van der Waals surface area (Å²) in [6.45, 7) is -1.12. The molecule has 15 heteroatoms. The van der Waals surface area contributed by atoms with Gasteiger partial charge in [0.1, 0.15) is 24.1 Å². The fourth-order valence-corrected chi connectivity index (χ4v) is 3.96. The standard InChI is InChI=1S/C17H19N7O7S/c18-10-4-2-1-3-9(10)16(26)23-32(28,29)31-5-11-13(25)17(27,6-30-11)24-8-22-12-14(19)20-7-21-15(12)24/h1-4,7-8,11,13,25,27H,5-6,18H2,(H,23,26)(H2,19,20,21)/t11-,13-,17-/m1/s1. The maximum Gasteiger partial charge on any atom is 0.362 e. The molecule has 170 valence electrons. The molecule has 1 fully saturated rings. The lowest BCUT2D eigenvalue weighted by Gasteiger charge is -2.27. The molecule has 1 saturated heterocycles. The van der Waals surface area contributed by atoms with Crippen molar-refractivity contribution in [1.82, 2.24) is 24.2 Å². The van der Waals surface area contributed by atoms with Crippen molar-refractivity contribution in [3.8, 4) is 0 Å². The van der Waals surface area contributed by atoms with E-state index in [9.17, 15) is 23.4 Å². The number of ether oxygens (including phenoxy) is 1. The van der Waals surface area contributed by atoms with Crippen molar-refractivity contribution in [2.75, 3.05) is 24.7 Å². The molecule has 0 spiro atoms. The third-order valence-corrected chi connectivity index (χ3v) is 5.81. The van der Waals surface area contributed by atoms with Gasteiger partial charge in [-0.05, 0) is 12.1 Å². The van der Waals surface area contributed by atoms with Gasteiger partial charge in [-0.15, -0.1) is 0 Å². The molecule has 32 heavy (non-hydrogen) atoms. The number of aliphatic hydroxyl groups is 2. The second-order valence-corrected chi connectivity index (χ2v) is 8.32. The highest BCUT2D eigenvalue weighted by Gasteiger charge is 2.51. The summed E-state index contributed by atoms with van der Waals surface area (Å²) in [6, 6.07) is 5.88. The first-order valence-electron chi connectivity index (χ1n) is 9.14. The third kappa shape index (κ3) is 3.82. The van der Waals surface area contributed by atoms with Gasteiger partial charge in [-0.1, -0.05) is 12.1 Å². The summed E-state index contributed by atoms with van der Waals surface area (Å²) >= 11 is 0. The van der Waals surface area contributed by atoms with Crippen LogP contribution in [0.4, 0.5) is 11.5 Å². The molecule has 14 nitrogen and oxygen atoms in total. The number of aromatic nitrogens is 4. The number of hydrogen-bond acceptors (Lipinski definition) is 12. The van der Waals surface area contributed by atoms with Gasteiger partial charge in [0.05, 0.1) is 25.1 Å². The number of hydrogen-bond donors (Lipinski definition) is 5. The predicted octanol–water partition coefficient (Wildman–Crippen LogP) is -1.91. The van der Waals surface area contributed by atoms with Crippen LogP contribution in [0.3, 0.4) is 0 Å². The molecule has 2 aromatic heterocycles.